The minimum absolute atomic E-state index is 0.119. The van der Waals surface area contributed by atoms with E-state index in [1.54, 1.807) is 24.3 Å². The first kappa shape index (κ1) is 12.3. The lowest BCUT2D eigenvalue weighted by Gasteiger charge is -2.02. The van der Waals surface area contributed by atoms with Gasteiger partial charge in [-0.1, -0.05) is 18.2 Å². The summed E-state index contributed by atoms with van der Waals surface area (Å²) in [6, 6.07) is 7.08. The molecule has 0 fully saturated rings. The van der Waals surface area contributed by atoms with Crippen molar-refractivity contribution in [2.45, 2.75) is 6.18 Å². The van der Waals surface area contributed by atoms with Gasteiger partial charge < -0.3 is 4.42 Å². The highest BCUT2D eigenvalue weighted by molar-refractivity contribution is 9.10. The second kappa shape index (κ2) is 4.12. The predicted octanol–water partition coefficient (Wildman–Crippen LogP) is 4.60. The number of fused-ring (bicyclic) bond motifs is 1. The van der Waals surface area contributed by atoms with Crippen LogP contribution < -0.4 is 0 Å². The molecular formula is C12H6BrF3N2O. The monoisotopic (exact) mass is 330 g/mol. The lowest BCUT2D eigenvalue weighted by molar-refractivity contribution is -0.141. The summed E-state index contributed by atoms with van der Waals surface area (Å²) in [5.41, 5.74) is 0.375. The zero-order valence-electron chi connectivity index (χ0n) is 9.25. The molecule has 0 amide bonds. The molecule has 0 atom stereocenters. The molecule has 3 rings (SSSR count). The summed E-state index contributed by atoms with van der Waals surface area (Å²) in [5.74, 6) is 0. The number of hydrogen-bond donors (Lipinski definition) is 1. The number of benzene rings is 1. The summed E-state index contributed by atoms with van der Waals surface area (Å²) in [7, 11) is 0. The molecule has 0 radical (unpaired) electrons. The van der Waals surface area contributed by atoms with Gasteiger partial charge in [0.15, 0.2) is 5.69 Å². The number of halogens is 4. The Morgan fingerprint density at radius 1 is 1.21 bits per heavy atom. The molecule has 3 nitrogen and oxygen atoms in total. The van der Waals surface area contributed by atoms with E-state index in [1.165, 1.54) is 6.26 Å². The van der Waals surface area contributed by atoms with Gasteiger partial charge in [0, 0.05) is 10.9 Å². The highest BCUT2D eigenvalue weighted by atomic mass is 79.9. The van der Waals surface area contributed by atoms with Gasteiger partial charge in [0.05, 0.1) is 4.47 Å². The number of aromatic nitrogens is 2. The third-order valence-corrected chi connectivity index (χ3v) is 3.50. The maximum absolute atomic E-state index is 12.7. The third kappa shape index (κ3) is 1.94. The standard InChI is InChI=1S/C12H6BrF3N2O/c13-9-10(17-18-11(9)12(14,15)16)7-5-19-8-4-2-1-3-6(7)8/h1-5H,(H,17,18). The maximum Gasteiger partial charge on any atom is 0.433 e. The zero-order valence-corrected chi connectivity index (χ0v) is 10.8. The predicted molar refractivity (Wildman–Crippen MR) is 66.5 cm³/mol. The summed E-state index contributed by atoms with van der Waals surface area (Å²) in [4.78, 5) is 0. The van der Waals surface area contributed by atoms with E-state index in [9.17, 15) is 13.2 Å². The average Bonchev–Trinajstić information content (AvgIpc) is 2.91. The third-order valence-electron chi connectivity index (χ3n) is 2.73. The maximum atomic E-state index is 12.7. The molecule has 0 bridgehead atoms. The Morgan fingerprint density at radius 3 is 2.63 bits per heavy atom. The van der Waals surface area contributed by atoms with Gasteiger partial charge in [-0.2, -0.15) is 18.3 Å². The van der Waals surface area contributed by atoms with Crippen LogP contribution in [0, 0.1) is 0 Å². The van der Waals surface area contributed by atoms with Gasteiger partial charge in [-0.3, -0.25) is 5.10 Å². The SMILES string of the molecule is FC(F)(F)c1[nH]nc(-c2coc3ccccc23)c1Br. The van der Waals surface area contributed by atoms with E-state index < -0.39 is 11.9 Å². The Bertz CT molecular complexity index is 745. The van der Waals surface area contributed by atoms with Gasteiger partial charge >= 0.3 is 6.18 Å². The molecule has 1 N–H and O–H groups in total. The number of rotatable bonds is 1. The molecule has 0 aliphatic heterocycles. The number of aromatic amines is 1. The molecule has 7 heteroatoms. The first-order valence-electron chi connectivity index (χ1n) is 5.26. The molecule has 98 valence electrons. The van der Waals surface area contributed by atoms with E-state index in [0.717, 1.165) is 0 Å². The fourth-order valence-electron chi connectivity index (χ4n) is 1.86. The zero-order chi connectivity index (χ0) is 13.6. The van der Waals surface area contributed by atoms with Gasteiger partial charge in [-0.25, -0.2) is 0 Å². The fourth-order valence-corrected chi connectivity index (χ4v) is 2.47. The van der Waals surface area contributed by atoms with Crippen LogP contribution in [0.15, 0.2) is 39.4 Å². The van der Waals surface area contributed by atoms with Crippen LogP contribution in [0.2, 0.25) is 0 Å². The van der Waals surface area contributed by atoms with Crippen molar-refractivity contribution < 1.29 is 17.6 Å². The number of hydrogen-bond acceptors (Lipinski definition) is 2. The van der Waals surface area contributed by atoms with Crippen molar-refractivity contribution in [3.05, 3.63) is 40.7 Å². The Kier molecular flexibility index (Phi) is 2.67. The van der Waals surface area contributed by atoms with Gasteiger partial charge in [0.25, 0.3) is 0 Å². The van der Waals surface area contributed by atoms with Crippen molar-refractivity contribution in [3.8, 4) is 11.3 Å². The first-order chi connectivity index (χ1) is 8.98. The summed E-state index contributed by atoms with van der Waals surface area (Å²) < 4.78 is 43.3. The highest BCUT2D eigenvalue weighted by Crippen LogP contribution is 2.40. The smallest absolute Gasteiger partial charge is 0.433 e. The molecule has 19 heavy (non-hydrogen) atoms. The molecule has 3 aromatic rings. The van der Waals surface area contributed by atoms with Crippen LogP contribution in [0.25, 0.3) is 22.2 Å². The lowest BCUT2D eigenvalue weighted by Crippen LogP contribution is -2.06. The second-order valence-electron chi connectivity index (χ2n) is 3.90. The van der Waals surface area contributed by atoms with Crippen molar-refractivity contribution in [3.63, 3.8) is 0 Å². The number of furan rings is 1. The van der Waals surface area contributed by atoms with Gasteiger partial charge in [0.2, 0.25) is 0 Å². The van der Waals surface area contributed by atoms with Crippen LogP contribution in [0.4, 0.5) is 13.2 Å². The van der Waals surface area contributed by atoms with Crippen molar-refractivity contribution in [1.29, 1.82) is 0 Å². The normalized spacial score (nSPS) is 12.2. The Morgan fingerprint density at radius 2 is 1.95 bits per heavy atom. The summed E-state index contributed by atoms with van der Waals surface area (Å²) in [6.07, 6.45) is -3.09. The van der Waals surface area contributed by atoms with E-state index in [0.29, 0.717) is 16.5 Å². The fraction of sp³-hybridized carbons (Fsp3) is 0.0833. The minimum Gasteiger partial charge on any atom is -0.464 e. The van der Waals surface area contributed by atoms with E-state index in [1.807, 2.05) is 5.10 Å². The number of H-pyrrole nitrogens is 1. The topological polar surface area (TPSA) is 41.8 Å². The molecule has 0 spiro atoms. The van der Waals surface area contributed by atoms with Gasteiger partial charge in [0.1, 0.15) is 17.5 Å². The Hall–Kier alpha value is -1.76. The van der Waals surface area contributed by atoms with Crippen molar-refractivity contribution in [2.24, 2.45) is 0 Å². The molecule has 0 saturated carbocycles. The molecule has 1 aromatic carbocycles. The highest BCUT2D eigenvalue weighted by Gasteiger charge is 2.37. The molecular weight excluding hydrogens is 325 g/mol. The van der Waals surface area contributed by atoms with Crippen LogP contribution in [-0.2, 0) is 6.18 Å². The van der Waals surface area contributed by atoms with Crippen LogP contribution >= 0.6 is 15.9 Å². The quantitative estimate of drug-likeness (QED) is 0.708. The Balaban J connectivity index is 2.21. The minimum atomic E-state index is -4.48. The first-order valence-corrected chi connectivity index (χ1v) is 6.05. The summed E-state index contributed by atoms with van der Waals surface area (Å²) >= 11 is 2.94. The number of alkyl halides is 3. The van der Waals surface area contributed by atoms with Crippen molar-refractivity contribution in [2.75, 3.05) is 0 Å². The molecule has 0 unspecified atom stereocenters. The average molecular weight is 331 g/mol. The van der Waals surface area contributed by atoms with E-state index in [2.05, 4.69) is 21.0 Å². The van der Waals surface area contributed by atoms with E-state index >= 15 is 0 Å². The van der Waals surface area contributed by atoms with Gasteiger partial charge in [-0.05, 0) is 22.0 Å². The largest absolute Gasteiger partial charge is 0.464 e. The van der Waals surface area contributed by atoms with Crippen LogP contribution in [0.5, 0.6) is 0 Å². The van der Waals surface area contributed by atoms with Gasteiger partial charge in [-0.15, -0.1) is 0 Å². The van der Waals surface area contributed by atoms with Crippen molar-refractivity contribution in [1.82, 2.24) is 10.2 Å². The molecule has 2 heterocycles. The summed E-state index contributed by atoms with van der Waals surface area (Å²) in [6.45, 7) is 0. The molecule has 0 aliphatic carbocycles. The number of nitrogens with one attached hydrogen (secondary N) is 1. The van der Waals surface area contributed by atoms with Crippen molar-refractivity contribution >= 4 is 26.9 Å². The number of nitrogens with zero attached hydrogens (tertiary/aromatic N) is 1. The molecule has 0 aliphatic rings. The Labute approximate surface area is 113 Å². The second-order valence-corrected chi connectivity index (χ2v) is 4.70. The molecule has 0 saturated heterocycles. The van der Waals surface area contributed by atoms with E-state index in [4.69, 9.17) is 4.42 Å². The lowest BCUT2D eigenvalue weighted by atomic mass is 10.1. The van der Waals surface area contributed by atoms with Crippen LogP contribution in [0.1, 0.15) is 5.69 Å². The summed E-state index contributed by atoms with van der Waals surface area (Å²) in [5, 5.41) is 6.44. The van der Waals surface area contributed by atoms with Crippen LogP contribution in [-0.4, -0.2) is 10.2 Å². The van der Waals surface area contributed by atoms with E-state index in [-0.39, 0.29) is 10.2 Å². The molecule has 2 aromatic heterocycles. The van der Waals surface area contributed by atoms with Crippen LogP contribution in [0.3, 0.4) is 0 Å². The number of para-hydroxylation sites is 1.